The highest BCUT2D eigenvalue weighted by Gasteiger charge is 2.26. The lowest BCUT2D eigenvalue weighted by Crippen LogP contribution is -2.31. The van der Waals surface area contributed by atoms with Gasteiger partial charge in [-0.1, -0.05) is 25.5 Å². The molecule has 1 aliphatic rings. The number of hydrogen-bond acceptors (Lipinski definition) is 2. The normalized spacial score (nSPS) is 27.1. The van der Waals surface area contributed by atoms with Crippen LogP contribution in [0.3, 0.4) is 0 Å². The number of thioether (sulfide) groups is 1. The maximum absolute atomic E-state index is 5.99. The average molecular weight is 199 g/mol. The molecule has 0 aromatic rings. The summed E-state index contributed by atoms with van der Waals surface area (Å²) < 4.78 is 0. The highest BCUT2D eigenvalue weighted by atomic mass is 32.2. The molecule has 1 nitrogen and oxygen atoms in total. The molecule has 0 aliphatic heterocycles. The molecule has 0 heterocycles. The third kappa shape index (κ3) is 3.74. The van der Waals surface area contributed by atoms with Crippen molar-refractivity contribution in [1.29, 1.82) is 0 Å². The lowest BCUT2D eigenvalue weighted by atomic mass is 9.75. The molecular formula is C11H21NS. The van der Waals surface area contributed by atoms with Gasteiger partial charge >= 0.3 is 0 Å². The predicted octanol–water partition coefficient (Wildman–Crippen LogP) is 2.81. The van der Waals surface area contributed by atoms with Gasteiger partial charge in [-0.25, -0.2) is 0 Å². The van der Waals surface area contributed by atoms with Gasteiger partial charge in [-0.15, -0.1) is 0 Å². The van der Waals surface area contributed by atoms with Crippen LogP contribution in [-0.2, 0) is 0 Å². The van der Waals surface area contributed by atoms with Gasteiger partial charge in [0, 0.05) is 6.04 Å². The predicted molar refractivity (Wildman–Crippen MR) is 62.1 cm³/mol. The zero-order valence-corrected chi connectivity index (χ0v) is 9.79. The molecule has 0 bridgehead atoms. The largest absolute Gasteiger partial charge is 0.324 e. The molecule has 0 aromatic heterocycles. The summed E-state index contributed by atoms with van der Waals surface area (Å²) in [6.45, 7) is 4.64. The summed E-state index contributed by atoms with van der Waals surface area (Å²) in [7, 11) is 0. The molecule has 1 rings (SSSR count). The molecule has 1 unspecified atom stereocenters. The van der Waals surface area contributed by atoms with Crippen LogP contribution >= 0.6 is 11.8 Å². The molecular weight excluding hydrogens is 178 g/mol. The summed E-state index contributed by atoms with van der Waals surface area (Å²) in [6.07, 6.45) is 8.03. The molecule has 13 heavy (non-hydrogen) atoms. The number of hydrogen-bond donors (Lipinski definition) is 1. The van der Waals surface area contributed by atoms with Gasteiger partial charge in [0.25, 0.3) is 0 Å². The van der Waals surface area contributed by atoms with Crippen molar-refractivity contribution in [3.63, 3.8) is 0 Å². The molecule has 0 amide bonds. The molecule has 1 atom stereocenters. The van der Waals surface area contributed by atoms with E-state index in [9.17, 15) is 0 Å². The number of allylic oxidation sites excluding steroid dienone is 1. The Labute approximate surface area is 86.2 Å². The summed E-state index contributed by atoms with van der Waals surface area (Å²) in [5.41, 5.74) is 7.98. The van der Waals surface area contributed by atoms with Crippen LogP contribution in [0.15, 0.2) is 11.6 Å². The first-order valence-corrected chi connectivity index (χ1v) is 6.37. The summed E-state index contributed by atoms with van der Waals surface area (Å²) in [4.78, 5) is 0. The van der Waals surface area contributed by atoms with Gasteiger partial charge in [0.05, 0.1) is 0 Å². The van der Waals surface area contributed by atoms with Crippen molar-refractivity contribution in [2.75, 3.05) is 12.0 Å². The Morgan fingerprint density at radius 1 is 1.62 bits per heavy atom. The van der Waals surface area contributed by atoms with E-state index in [1.165, 1.54) is 18.6 Å². The second kappa shape index (κ2) is 4.52. The van der Waals surface area contributed by atoms with Crippen LogP contribution in [0.5, 0.6) is 0 Å². The highest BCUT2D eigenvalue weighted by Crippen LogP contribution is 2.36. The van der Waals surface area contributed by atoms with E-state index >= 15 is 0 Å². The van der Waals surface area contributed by atoms with Gasteiger partial charge in [-0.3, -0.25) is 0 Å². The molecule has 1 aliphatic carbocycles. The Bertz CT molecular complexity index is 196. The summed E-state index contributed by atoms with van der Waals surface area (Å²) in [5, 5.41) is 0. The van der Waals surface area contributed by atoms with Crippen molar-refractivity contribution in [2.45, 2.75) is 39.2 Å². The van der Waals surface area contributed by atoms with Crippen molar-refractivity contribution in [1.82, 2.24) is 0 Å². The molecule has 0 radical (unpaired) electrons. The van der Waals surface area contributed by atoms with Gasteiger partial charge in [0.2, 0.25) is 0 Å². The highest BCUT2D eigenvalue weighted by molar-refractivity contribution is 7.98. The smallest absolute Gasteiger partial charge is 0.0231 e. The zero-order chi connectivity index (χ0) is 9.90. The van der Waals surface area contributed by atoms with Gasteiger partial charge in [0.15, 0.2) is 0 Å². The van der Waals surface area contributed by atoms with Crippen LogP contribution in [0.1, 0.15) is 33.1 Å². The van der Waals surface area contributed by atoms with Gasteiger partial charge < -0.3 is 5.73 Å². The Hall–Kier alpha value is 0.0500. The second-order valence-corrected chi connectivity index (χ2v) is 5.76. The van der Waals surface area contributed by atoms with E-state index in [2.05, 4.69) is 26.2 Å². The topological polar surface area (TPSA) is 26.0 Å². The van der Waals surface area contributed by atoms with Crippen molar-refractivity contribution in [2.24, 2.45) is 11.1 Å². The molecule has 0 saturated carbocycles. The molecule has 76 valence electrons. The summed E-state index contributed by atoms with van der Waals surface area (Å²) in [6, 6.07) is 0.292. The second-order valence-electron chi connectivity index (χ2n) is 4.78. The van der Waals surface area contributed by atoms with Crippen LogP contribution in [0.25, 0.3) is 0 Å². The third-order valence-electron chi connectivity index (χ3n) is 2.57. The van der Waals surface area contributed by atoms with Crippen molar-refractivity contribution in [3.05, 3.63) is 11.6 Å². The maximum atomic E-state index is 5.99. The van der Waals surface area contributed by atoms with Crippen molar-refractivity contribution >= 4 is 11.8 Å². The quantitative estimate of drug-likeness (QED) is 0.707. The SMILES string of the molecule is CSCCC1=CC(N)CC(C)(C)C1. The Kier molecular flexibility index (Phi) is 3.87. The fraction of sp³-hybridized carbons (Fsp3) is 0.818. The van der Waals surface area contributed by atoms with Crippen LogP contribution in [0, 0.1) is 5.41 Å². The zero-order valence-electron chi connectivity index (χ0n) is 8.97. The van der Waals surface area contributed by atoms with E-state index in [0.29, 0.717) is 11.5 Å². The monoisotopic (exact) mass is 199 g/mol. The van der Waals surface area contributed by atoms with Gasteiger partial charge in [0.1, 0.15) is 0 Å². The molecule has 0 fully saturated rings. The van der Waals surface area contributed by atoms with E-state index in [4.69, 9.17) is 5.73 Å². The Balaban J connectivity index is 2.53. The number of nitrogens with two attached hydrogens (primary N) is 1. The summed E-state index contributed by atoms with van der Waals surface area (Å²) >= 11 is 1.91. The molecule has 0 spiro atoms. The molecule has 0 aromatic carbocycles. The van der Waals surface area contributed by atoms with Gasteiger partial charge in [-0.2, -0.15) is 11.8 Å². The fourth-order valence-corrected chi connectivity index (χ4v) is 2.62. The van der Waals surface area contributed by atoms with Crippen LogP contribution in [-0.4, -0.2) is 18.1 Å². The Morgan fingerprint density at radius 3 is 2.85 bits per heavy atom. The molecule has 2 heteroatoms. The summed E-state index contributed by atoms with van der Waals surface area (Å²) in [5.74, 6) is 1.23. The minimum absolute atomic E-state index is 0.292. The van der Waals surface area contributed by atoms with Crippen molar-refractivity contribution in [3.8, 4) is 0 Å². The van der Waals surface area contributed by atoms with E-state index in [1.54, 1.807) is 5.57 Å². The lowest BCUT2D eigenvalue weighted by Gasteiger charge is -2.33. The minimum atomic E-state index is 0.292. The fourth-order valence-electron chi connectivity index (χ4n) is 2.15. The first-order chi connectivity index (χ1) is 6.03. The van der Waals surface area contributed by atoms with Crippen LogP contribution < -0.4 is 5.73 Å². The number of rotatable bonds is 3. The lowest BCUT2D eigenvalue weighted by molar-refractivity contribution is 0.299. The van der Waals surface area contributed by atoms with Crippen molar-refractivity contribution < 1.29 is 0 Å². The standard InChI is InChI=1S/C11H21NS/c1-11(2)7-9(4-5-13-3)6-10(12)8-11/h6,10H,4-5,7-8,12H2,1-3H3. The van der Waals surface area contributed by atoms with E-state index in [-0.39, 0.29) is 0 Å². The molecule has 2 N–H and O–H groups in total. The van der Waals surface area contributed by atoms with Gasteiger partial charge in [-0.05, 0) is 36.7 Å². The van der Waals surface area contributed by atoms with Crippen LogP contribution in [0.2, 0.25) is 0 Å². The average Bonchev–Trinajstić information content (AvgIpc) is 1.97. The first kappa shape index (κ1) is 11.1. The third-order valence-corrected chi connectivity index (χ3v) is 3.18. The first-order valence-electron chi connectivity index (χ1n) is 4.97. The van der Waals surface area contributed by atoms with E-state index in [0.717, 1.165) is 6.42 Å². The molecule has 0 saturated heterocycles. The van der Waals surface area contributed by atoms with E-state index in [1.807, 2.05) is 11.8 Å². The maximum Gasteiger partial charge on any atom is 0.0231 e. The Morgan fingerprint density at radius 2 is 2.31 bits per heavy atom. The minimum Gasteiger partial charge on any atom is -0.324 e. The van der Waals surface area contributed by atoms with E-state index < -0.39 is 0 Å². The van der Waals surface area contributed by atoms with Crippen LogP contribution in [0.4, 0.5) is 0 Å².